The lowest BCUT2D eigenvalue weighted by Gasteiger charge is -2.16. The molecule has 0 saturated heterocycles. The van der Waals surface area contributed by atoms with Gasteiger partial charge in [-0.3, -0.25) is 0 Å². The van der Waals surface area contributed by atoms with Crippen molar-refractivity contribution < 1.29 is 14.6 Å². The number of hydrogen-bond acceptors (Lipinski definition) is 3. The molecule has 1 atom stereocenters. The molecule has 106 valence electrons. The summed E-state index contributed by atoms with van der Waals surface area (Å²) in [5.74, 6) is 1.44. The summed E-state index contributed by atoms with van der Waals surface area (Å²) in [6.45, 7) is 4.25. The van der Waals surface area contributed by atoms with E-state index >= 15 is 0 Å². The molecule has 0 spiro atoms. The number of hydrogen-bond donors (Lipinski definition) is 1. The third-order valence-corrected chi connectivity index (χ3v) is 3.10. The van der Waals surface area contributed by atoms with E-state index in [1.54, 1.807) is 7.11 Å². The third kappa shape index (κ3) is 3.52. The van der Waals surface area contributed by atoms with E-state index in [-0.39, 0.29) is 6.61 Å². The van der Waals surface area contributed by atoms with Gasteiger partial charge in [0.25, 0.3) is 0 Å². The van der Waals surface area contributed by atoms with Gasteiger partial charge >= 0.3 is 0 Å². The molecule has 2 aromatic carbocycles. The number of ether oxygens (including phenoxy) is 2. The average molecular weight is 272 g/mol. The van der Waals surface area contributed by atoms with Crippen LogP contribution in [0, 0.1) is 13.8 Å². The summed E-state index contributed by atoms with van der Waals surface area (Å²) in [5.41, 5.74) is 3.03. The molecule has 2 aromatic rings. The Kier molecular flexibility index (Phi) is 4.64. The quantitative estimate of drug-likeness (QED) is 0.906. The first-order chi connectivity index (χ1) is 9.60. The summed E-state index contributed by atoms with van der Waals surface area (Å²) in [5, 5.41) is 10.2. The van der Waals surface area contributed by atoms with Gasteiger partial charge in [0.2, 0.25) is 0 Å². The average Bonchev–Trinajstić information content (AvgIpc) is 2.43. The van der Waals surface area contributed by atoms with Gasteiger partial charge in [-0.1, -0.05) is 24.3 Å². The Morgan fingerprint density at radius 1 is 1.05 bits per heavy atom. The van der Waals surface area contributed by atoms with Crippen molar-refractivity contribution in [3.8, 4) is 11.5 Å². The first kappa shape index (κ1) is 14.4. The molecule has 20 heavy (non-hydrogen) atoms. The molecule has 0 aliphatic heterocycles. The lowest BCUT2D eigenvalue weighted by atomic mass is 10.1. The van der Waals surface area contributed by atoms with E-state index in [2.05, 4.69) is 6.07 Å². The lowest BCUT2D eigenvalue weighted by Crippen LogP contribution is -2.11. The van der Waals surface area contributed by atoms with Crippen LogP contribution in [0.1, 0.15) is 22.8 Å². The summed E-state index contributed by atoms with van der Waals surface area (Å²) in [4.78, 5) is 0. The van der Waals surface area contributed by atoms with E-state index in [0.29, 0.717) is 5.75 Å². The van der Waals surface area contributed by atoms with Crippen LogP contribution in [0.15, 0.2) is 42.5 Å². The van der Waals surface area contributed by atoms with E-state index in [0.717, 1.165) is 22.4 Å². The van der Waals surface area contributed by atoms with Crippen molar-refractivity contribution in [1.82, 2.24) is 0 Å². The molecular formula is C17H20O3. The molecular weight excluding hydrogens is 252 g/mol. The van der Waals surface area contributed by atoms with Crippen LogP contribution >= 0.6 is 0 Å². The van der Waals surface area contributed by atoms with Crippen LogP contribution in [-0.4, -0.2) is 18.8 Å². The standard InChI is InChI=1S/C17H20O3/c1-12-8-13(2)10-14(9-12)20-11-16(18)15-6-4-5-7-17(15)19-3/h4-10,16,18H,11H2,1-3H3. The molecule has 2 rings (SSSR count). The van der Waals surface area contributed by atoms with Crippen molar-refractivity contribution in [3.05, 3.63) is 59.2 Å². The maximum absolute atomic E-state index is 10.2. The van der Waals surface area contributed by atoms with Gasteiger partial charge in [-0.2, -0.15) is 0 Å². The summed E-state index contributed by atoms with van der Waals surface area (Å²) in [6, 6.07) is 13.4. The second-order valence-corrected chi connectivity index (χ2v) is 4.89. The first-order valence-electron chi connectivity index (χ1n) is 6.62. The molecule has 0 aromatic heterocycles. The van der Waals surface area contributed by atoms with Crippen LogP contribution in [-0.2, 0) is 0 Å². The van der Waals surface area contributed by atoms with Gasteiger partial charge in [0, 0.05) is 5.56 Å². The van der Waals surface area contributed by atoms with Gasteiger partial charge in [-0.15, -0.1) is 0 Å². The molecule has 1 N–H and O–H groups in total. The molecule has 0 saturated carbocycles. The van der Waals surface area contributed by atoms with Gasteiger partial charge in [0.15, 0.2) is 0 Å². The molecule has 0 heterocycles. The van der Waals surface area contributed by atoms with Gasteiger partial charge < -0.3 is 14.6 Å². The van der Waals surface area contributed by atoms with Crippen LogP contribution in [0.25, 0.3) is 0 Å². The monoisotopic (exact) mass is 272 g/mol. The van der Waals surface area contributed by atoms with E-state index in [1.165, 1.54) is 0 Å². The molecule has 0 fully saturated rings. The molecule has 0 aliphatic rings. The van der Waals surface area contributed by atoms with Crippen molar-refractivity contribution in [2.24, 2.45) is 0 Å². The predicted octanol–water partition coefficient (Wildman–Crippen LogP) is 3.42. The predicted molar refractivity (Wildman–Crippen MR) is 79.4 cm³/mol. The summed E-state index contributed by atoms with van der Waals surface area (Å²) >= 11 is 0. The minimum absolute atomic E-state index is 0.198. The number of rotatable bonds is 5. The Morgan fingerprint density at radius 3 is 2.35 bits per heavy atom. The Morgan fingerprint density at radius 2 is 1.70 bits per heavy atom. The SMILES string of the molecule is COc1ccccc1C(O)COc1cc(C)cc(C)c1. The van der Waals surface area contributed by atoms with E-state index in [1.807, 2.05) is 50.2 Å². The fraction of sp³-hybridized carbons (Fsp3) is 0.294. The highest BCUT2D eigenvalue weighted by atomic mass is 16.5. The van der Waals surface area contributed by atoms with Crippen molar-refractivity contribution in [1.29, 1.82) is 0 Å². The van der Waals surface area contributed by atoms with Crippen LogP contribution < -0.4 is 9.47 Å². The van der Waals surface area contributed by atoms with Crippen LogP contribution in [0.4, 0.5) is 0 Å². The zero-order valence-corrected chi connectivity index (χ0v) is 12.1. The minimum atomic E-state index is -0.716. The Labute approximate surface area is 119 Å². The lowest BCUT2D eigenvalue weighted by molar-refractivity contribution is 0.105. The highest BCUT2D eigenvalue weighted by molar-refractivity contribution is 5.36. The normalized spacial score (nSPS) is 12.0. The minimum Gasteiger partial charge on any atom is -0.496 e. The van der Waals surface area contributed by atoms with Gasteiger partial charge in [-0.25, -0.2) is 0 Å². The number of benzene rings is 2. The fourth-order valence-corrected chi connectivity index (χ4v) is 2.22. The zero-order valence-electron chi connectivity index (χ0n) is 12.1. The summed E-state index contributed by atoms with van der Waals surface area (Å²) in [6.07, 6.45) is -0.716. The number of aliphatic hydroxyl groups excluding tert-OH is 1. The Bertz CT molecular complexity index is 558. The molecule has 3 heteroatoms. The fourth-order valence-electron chi connectivity index (χ4n) is 2.22. The third-order valence-electron chi connectivity index (χ3n) is 3.10. The van der Waals surface area contributed by atoms with Crippen LogP contribution in [0.2, 0.25) is 0 Å². The molecule has 3 nitrogen and oxygen atoms in total. The van der Waals surface area contributed by atoms with Crippen molar-refractivity contribution >= 4 is 0 Å². The molecule has 1 unspecified atom stereocenters. The summed E-state index contributed by atoms with van der Waals surface area (Å²) < 4.78 is 10.9. The smallest absolute Gasteiger partial charge is 0.124 e. The van der Waals surface area contributed by atoms with Gasteiger partial charge in [-0.05, 0) is 43.2 Å². The maximum atomic E-state index is 10.2. The van der Waals surface area contributed by atoms with Crippen LogP contribution in [0.5, 0.6) is 11.5 Å². The van der Waals surface area contributed by atoms with E-state index < -0.39 is 6.10 Å². The number of methoxy groups -OCH3 is 1. The molecule has 0 amide bonds. The van der Waals surface area contributed by atoms with E-state index in [4.69, 9.17) is 9.47 Å². The largest absolute Gasteiger partial charge is 0.496 e. The second kappa shape index (κ2) is 6.44. The second-order valence-electron chi connectivity index (χ2n) is 4.89. The zero-order chi connectivity index (χ0) is 14.5. The van der Waals surface area contributed by atoms with Crippen molar-refractivity contribution in [2.75, 3.05) is 13.7 Å². The van der Waals surface area contributed by atoms with Crippen LogP contribution in [0.3, 0.4) is 0 Å². The Balaban J connectivity index is 2.06. The van der Waals surface area contributed by atoms with Gasteiger partial charge in [0.1, 0.15) is 24.2 Å². The van der Waals surface area contributed by atoms with E-state index in [9.17, 15) is 5.11 Å². The van der Waals surface area contributed by atoms with Crippen molar-refractivity contribution in [3.63, 3.8) is 0 Å². The maximum Gasteiger partial charge on any atom is 0.124 e. The Hall–Kier alpha value is -2.00. The number of para-hydroxylation sites is 1. The summed E-state index contributed by atoms with van der Waals surface area (Å²) in [7, 11) is 1.59. The van der Waals surface area contributed by atoms with Crippen molar-refractivity contribution in [2.45, 2.75) is 20.0 Å². The number of aryl methyl sites for hydroxylation is 2. The highest BCUT2D eigenvalue weighted by Gasteiger charge is 2.13. The van der Waals surface area contributed by atoms with Gasteiger partial charge in [0.05, 0.1) is 7.11 Å². The molecule has 0 aliphatic carbocycles. The topological polar surface area (TPSA) is 38.7 Å². The first-order valence-corrected chi connectivity index (χ1v) is 6.62. The molecule has 0 bridgehead atoms. The highest BCUT2D eigenvalue weighted by Crippen LogP contribution is 2.25. The molecule has 0 radical (unpaired) electrons. The number of aliphatic hydroxyl groups is 1.